The van der Waals surface area contributed by atoms with Gasteiger partial charge in [-0.2, -0.15) is 0 Å². The van der Waals surface area contributed by atoms with Gasteiger partial charge in [-0.25, -0.2) is 14.7 Å². The summed E-state index contributed by atoms with van der Waals surface area (Å²) in [5.74, 6) is -0.601. The number of thioether (sulfide) groups is 1. The third-order valence-corrected chi connectivity index (χ3v) is 4.35. The Kier molecular flexibility index (Phi) is 7.42. The first-order valence-corrected chi connectivity index (χ1v) is 8.79. The molecule has 0 aliphatic heterocycles. The van der Waals surface area contributed by atoms with Crippen LogP contribution in [0.15, 0.2) is 34.2 Å². The highest BCUT2D eigenvalue weighted by Gasteiger charge is 2.12. The maximum atomic E-state index is 12.1. The van der Waals surface area contributed by atoms with Gasteiger partial charge < -0.3 is 14.8 Å². The number of esters is 1. The molecule has 2 aromatic rings. The van der Waals surface area contributed by atoms with Gasteiger partial charge in [0.2, 0.25) is 5.91 Å². The Morgan fingerprint density at radius 3 is 2.65 bits per heavy atom. The highest BCUT2D eigenvalue weighted by molar-refractivity contribution is 7.99. The largest absolute Gasteiger partial charge is 0.465 e. The van der Waals surface area contributed by atoms with Crippen molar-refractivity contribution in [2.45, 2.75) is 18.1 Å². The number of hydrogen-bond donors (Lipinski definition) is 2. The quantitative estimate of drug-likeness (QED) is 0.380. The number of carbonyl (C=O) groups is 2. The second-order valence-electron chi connectivity index (χ2n) is 5.22. The van der Waals surface area contributed by atoms with Crippen LogP contribution in [0.4, 0.5) is 5.69 Å². The van der Waals surface area contributed by atoms with Crippen molar-refractivity contribution in [3.8, 4) is 0 Å². The van der Waals surface area contributed by atoms with E-state index in [1.807, 2.05) is 0 Å². The lowest BCUT2D eigenvalue weighted by molar-refractivity contribution is -0.113. The molecule has 0 saturated heterocycles. The molecule has 140 valence electrons. The van der Waals surface area contributed by atoms with Crippen molar-refractivity contribution in [3.63, 3.8) is 0 Å². The Bertz CT molecular complexity index is 800. The first-order valence-electron chi connectivity index (χ1n) is 7.80. The van der Waals surface area contributed by atoms with Crippen molar-refractivity contribution in [1.29, 1.82) is 0 Å². The fourth-order valence-corrected chi connectivity index (χ4v) is 2.88. The average Bonchev–Trinajstić information content (AvgIpc) is 3.00. The number of ether oxygens (including phenoxy) is 2. The predicted molar refractivity (Wildman–Crippen MR) is 96.5 cm³/mol. The van der Waals surface area contributed by atoms with Crippen LogP contribution in [-0.4, -0.2) is 53.2 Å². The molecule has 2 N–H and O–H groups in total. The van der Waals surface area contributed by atoms with E-state index in [1.165, 1.54) is 11.7 Å². The Morgan fingerprint density at radius 1 is 1.27 bits per heavy atom. The van der Waals surface area contributed by atoms with Gasteiger partial charge in [-0.3, -0.25) is 9.36 Å². The van der Waals surface area contributed by atoms with Gasteiger partial charge in [0, 0.05) is 25.9 Å². The molecule has 1 aromatic carbocycles. The number of amides is 1. The number of anilines is 1. The van der Waals surface area contributed by atoms with Crippen LogP contribution in [-0.2, 0) is 20.8 Å². The Balaban J connectivity index is 1.89. The zero-order valence-electron chi connectivity index (χ0n) is 14.5. The number of carbonyl (C=O) groups excluding carboxylic acids is 2. The Hall–Kier alpha value is -2.59. The molecule has 0 fully saturated rings. The van der Waals surface area contributed by atoms with Crippen LogP contribution in [0.25, 0.3) is 0 Å². The molecule has 0 saturated carbocycles. The van der Waals surface area contributed by atoms with Crippen molar-refractivity contribution in [2.24, 2.45) is 0 Å². The molecule has 0 unspecified atom stereocenters. The zero-order valence-corrected chi connectivity index (χ0v) is 15.3. The number of rotatable bonds is 9. The summed E-state index contributed by atoms with van der Waals surface area (Å²) in [6.07, 6.45) is 0.669. The van der Waals surface area contributed by atoms with Crippen LogP contribution < -0.4 is 11.0 Å². The lowest BCUT2D eigenvalue weighted by atomic mass is 10.2. The smallest absolute Gasteiger partial charge is 0.343 e. The third kappa shape index (κ3) is 5.46. The molecule has 0 spiro atoms. The van der Waals surface area contributed by atoms with Crippen molar-refractivity contribution in [3.05, 3.63) is 40.3 Å². The van der Waals surface area contributed by atoms with E-state index < -0.39 is 5.97 Å². The van der Waals surface area contributed by atoms with E-state index in [2.05, 4.69) is 20.3 Å². The van der Waals surface area contributed by atoms with Gasteiger partial charge >= 0.3 is 11.7 Å². The summed E-state index contributed by atoms with van der Waals surface area (Å²) >= 11 is 1.16. The summed E-state index contributed by atoms with van der Waals surface area (Å²) in [5.41, 5.74) is 0.640. The van der Waals surface area contributed by atoms with Crippen LogP contribution in [0, 0.1) is 0 Å². The Morgan fingerprint density at radius 2 is 2.00 bits per heavy atom. The topological polar surface area (TPSA) is 115 Å². The van der Waals surface area contributed by atoms with E-state index in [0.29, 0.717) is 36.0 Å². The lowest BCUT2D eigenvalue weighted by Gasteiger charge is -2.07. The minimum absolute atomic E-state index is 0.0906. The van der Waals surface area contributed by atoms with Crippen molar-refractivity contribution in [2.75, 3.05) is 31.9 Å². The molecule has 1 amide bonds. The third-order valence-electron chi connectivity index (χ3n) is 3.38. The fourth-order valence-electron chi connectivity index (χ4n) is 2.11. The minimum atomic E-state index is -0.441. The first kappa shape index (κ1) is 19.7. The summed E-state index contributed by atoms with van der Waals surface area (Å²) in [6.45, 7) is 0.992. The van der Waals surface area contributed by atoms with E-state index in [0.717, 1.165) is 11.8 Å². The minimum Gasteiger partial charge on any atom is -0.465 e. The van der Waals surface area contributed by atoms with Gasteiger partial charge in [-0.15, -0.1) is 5.10 Å². The first-order chi connectivity index (χ1) is 12.5. The maximum Gasteiger partial charge on any atom is 0.343 e. The Labute approximate surface area is 154 Å². The van der Waals surface area contributed by atoms with E-state index in [-0.39, 0.29) is 17.3 Å². The highest BCUT2D eigenvalue weighted by Crippen LogP contribution is 2.15. The maximum absolute atomic E-state index is 12.1. The molecule has 10 heteroatoms. The fraction of sp³-hybridized carbons (Fsp3) is 0.375. The van der Waals surface area contributed by atoms with Crippen molar-refractivity contribution >= 4 is 29.3 Å². The zero-order chi connectivity index (χ0) is 18.9. The normalized spacial score (nSPS) is 10.5. The molecule has 1 aromatic heterocycles. The number of nitrogens with zero attached hydrogens (tertiary/aromatic N) is 2. The standard InChI is InChI=1S/C16H20N4O5S/c1-24-9-3-8-20-15(23)18-19-16(20)26-10-13(21)17-12-6-4-11(5-7-12)14(22)25-2/h4-7H,3,8-10H2,1-2H3,(H,17,21)(H,18,23). The molecule has 0 aliphatic carbocycles. The van der Waals surface area contributed by atoms with Gasteiger partial charge in [0.25, 0.3) is 0 Å². The molecule has 0 atom stereocenters. The molecule has 9 nitrogen and oxygen atoms in total. The van der Waals surface area contributed by atoms with Gasteiger partial charge in [-0.05, 0) is 30.7 Å². The van der Waals surface area contributed by atoms with E-state index in [9.17, 15) is 14.4 Å². The van der Waals surface area contributed by atoms with E-state index in [4.69, 9.17) is 4.74 Å². The van der Waals surface area contributed by atoms with Crippen molar-refractivity contribution in [1.82, 2.24) is 14.8 Å². The summed E-state index contributed by atoms with van der Waals surface area (Å²) < 4.78 is 11.1. The molecular formula is C16H20N4O5S. The molecular weight excluding hydrogens is 360 g/mol. The molecule has 0 bridgehead atoms. The molecule has 26 heavy (non-hydrogen) atoms. The molecule has 0 aliphatic rings. The number of methoxy groups -OCH3 is 2. The average molecular weight is 380 g/mol. The van der Waals surface area contributed by atoms with Crippen LogP contribution in [0.3, 0.4) is 0 Å². The predicted octanol–water partition coefficient (Wildman–Crippen LogP) is 1.13. The summed E-state index contributed by atoms with van der Waals surface area (Å²) in [4.78, 5) is 35.2. The number of benzene rings is 1. The van der Waals surface area contributed by atoms with Crippen LogP contribution in [0.1, 0.15) is 16.8 Å². The van der Waals surface area contributed by atoms with E-state index in [1.54, 1.807) is 31.4 Å². The summed E-state index contributed by atoms with van der Waals surface area (Å²) in [5, 5.41) is 9.47. The second-order valence-corrected chi connectivity index (χ2v) is 6.16. The number of hydrogen-bond acceptors (Lipinski definition) is 7. The van der Waals surface area contributed by atoms with Gasteiger partial charge in [0.15, 0.2) is 5.16 Å². The second kappa shape index (κ2) is 9.78. The molecule has 2 rings (SSSR count). The number of nitrogens with one attached hydrogen (secondary N) is 2. The summed E-state index contributed by atoms with van der Waals surface area (Å²) in [6, 6.07) is 6.36. The highest BCUT2D eigenvalue weighted by atomic mass is 32.2. The summed E-state index contributed by atoms with van der Waals surface area (Å²) in [7, 11) is 2.90. The van der Waals surface area contributed by atoms with E-state index >= 15 is 0 Å². The molecule has 0 radical (unpaired) electrons. The van der Waals surface area contributed by atoms with Crippen LogP contribution >= 0.6 is 11.8 Å². The molecule has 1 heterocycles. The van der Waals surface area contributed by atoms with Gasteiger partial charge in [0.1, 0.15) is 0 Å². The van der Waals surface area contributed by atoms with Gasteiger partial charge in [0.05, 0.1) is 18.4 Å². The number of aromatic nitrogens is 3. The monoisotopic (exact) mass is 380 g/mol. The number of H-pyrrole nitrogens is 1. The van der Waals surface area contributed by atoms with Crippen molar-refractivity contribution < 1.29 is 19.1 Å². The number of aromatic amines is 1. The lowest BCUT2D eigenvalue weighted by Crippen LogP contribution is -2.19. The van der Waals surface area contributed by atoms with Crippen LogP contribution in [0.5, 0.6) is 0 Å². The SMILES string of the molecule is COCCCn1c(SCC(=O)Nc2ccc(C(=O)OC)cc2)n[nH]c1=O. The van der Waals surface area contributed by atoms with Gasteiger partial charge in [-0.1, -0.05) is 11.8 Å². The van der Waals surface area contributed by atoms with Crippen LogP contribution in [0.2, 0.25) is 0 Å².